The number of esters is 1. The quantitative estimate of drug-likeness (QED) is 0.704. The van der Waals surface area contributed by atoms with Gasteiger partial charge in [-0.25, -0.2) is 9.18 Å². The third-order valence-electron chi connectivity index (χ3n) is 3.70. The Morgan fingerprint density at radius 2 is 1.94 bits per heavy atom. The van der Waals surface area contributed by atoms with Gasteiger partial charge >= 0.3 is 5.97 Å². The summed E-state index contributed by atoms with van der Waals surface area (Å²) >= 11 is 0. The van der Waals surface area contributed by atoms with E-state index < -0.39 is 17.4 Å². The number of hydrogen-bond donors (Lipinski definition) is 1. The molecule has 0 unspecified atom stereocenters. The number of phenolic OH excluding ortho intramolecular Hbond substituents is 1. The lowest BCUT2D eigenvalue weighted by Crippen LogP contribution is -2.29. The number of hydrogen-bond acceptors (Lipinski definition) is 3. The molecule has 3 rings (SSSR count). The van der Waals surface area contributed by atoms with Gasteiger partial charge in [0.25, 0.3) is 0 Å². The third-order valence-corrected chi connectivity index (χ3v) is 3.70. The average molecular weight is 236 g/mol. The Labute approximate surface area is 98.2 Å². The minimum atomic E-state index is -0.775. The van der Waals surface area contributed by atoms with Crippen molar-refractivity contribution in [1.29, 1.82) is 0 Å². The summed E-state index contributed by atoms with van der Waals surface area (Å²) in [5.74, 6) is -1.28. The Hall–Kier alpha value is -1.58. The summed E-state index contributed by atoms with van der Waals surface area (Å²) in [6.45, 7) is 0. The Bertz CT molecular complexity index is 490. The maximum Gasteiger partial charge on any atom is 0.339 e. The minimum Gasteiger partial charge on any atom is -0.508 e. The number of aromatic hydroxyl groups is 1. The molecule has 1 fully saturated rings. The highest BCUT2D eigenvalue weighted by molar-refractivity contribution is 5.95. The van der Waals surface area contributed by atoms with Crippen LogP contribution < -0.4 is 0 Å². The summed E-state index contributed by atoms with van der Waals surface area (Å²) in [5, 5.41) is 9.33. The molecule has 0 saturated heterocycles. The molecule has 0 radical (unpaired) electrons. The number of carbonyl (C=O) groups excluding carboxylic acids is 1. The lowest BCUT2D eigenvalue weighted by atomic mass is 9.79. The molecule has 4 heteroatoms. The van der Waals surface area contributed by atoms with Gasteiger partial charge in [-0.1, -0.05) is 6.42 Å². The Balaban J connectivity index is 2.18. The normalized spacial score (nSPS) is 21.4. The van der Waals surface area contributed by atoms with Gasteiger partial charge in [0.15, 0.2) is 0 Å². The first-order valence-electron chi connectivity index (χ1n) is 5.89. The smallest absolute Gasteiger partial charge is 0.339 e. The van der Waals surface area contributed by atoms with Crippen LogP contribution in [-0.2, 0) is 10.3 Å². The zero-order valence-electron chi connectivity index (χ0n) is 9.33. The van der Waals surface area contributed by atoms with Crippen LogP contribution >= 0.6 is 0 Å². The molecule has 1 aliphatic carbocycles. The number of carbonyl (C=O) groups is 1. The van der Waals surface area contributed by atoms with Gasteiger partial charge in [-0.15, -0.1) is 0 Å². The summed E-state index contributed by atoms with van der Waals surface area (Å²) in [7, 11) is 0. The number of fused-ring (bicyclic) bond motifs is 2. The molecule has 1 aromatic carbocycles. The van der Waals surface area contributed by atoms with E-state index in [4.69, 9.17) is 4.74 Å². The van der Waals surface area contributed by atoms with Crippen molar-refractivity contribution in [2.75, 3.05) is 0 Å². The standard InChI is InChI=1S/C13H13FO3/c14-10-7-8(15)6-9-11(10)13(17-12(9)16)4-2-1-3-5-13/h6-7,15H,1-5H2. The van der Waals surface area contributed by atoms with Crippen molar-refractivity contribution in [3.05, 3.63) is 29.1 Å². The number of ether oxygens (including phenoxy) is 1. The largest absolute Gasteiger partial charge is 0.508 e. The van der Waals surface area contributed by atoms with Crippen LogP contribution in [0.5, 0.6) is 5.75 Å². The van der Waals surface area contributed by atoms with Crippen molar-refractivity contribution in [2.24, 2.45) is 0 Å². The van der Waals surface area contributed by atoms with Crippen LogP contribution in [0.15, 0.2) is 12.1 Å². The molecule has 90 valence electrons. The van der Waals surface area contributed by atoms with Gasteiger partial charge in [-0.05, 0) is 31.7 Å². The van der Waals surface area contributed by atoms with Crippen LogP contribution in [0.25, 0.3) is 0 Å². The molecule has 1 heterocycles. The molecule has 17 heavy (non-hydrogen) atoms. The van der Waals surface area contributed by atoms with E-state index in [0.29, 0.717) is 18.4 Å². The molecule has 0 atom stereocenters. The van der Waals surface area contributed by atoms with E-state index in [1.165, 1.54) is 6.07 Å². The SMILES string of the molecule is O=C1OC2(CCCCC2)c2c(F)cc(O)cc21. The van der Waals surface area contributed by atoms with Crippen molar-refractivity contribution < 1.29 is 19.0 Å². The predicted octanol–water partition coefficient (Wildman–Crippen LogP) is 2.86. The van der Waals surface area contributed by atoms with Crippen LogP contribution in [0.4, 0.5) is 4.39 Å². The fourth-order valence-corrected chi connectivity index (χ4v) is 2.97. The zero-order chi connectivity index (χ0) is 12.0. The number of benzene rings is 1. The summed E-state index contributed by atoms with van der Waals surface area (Å²) in [5.41, 5.74) is -0.243. The van der Waals surface area contributed by atoms with Crippen molar-refractivity contribution in [3.8, 4) is 5.75 Å². The lowest BCUT2D eigenvalue weighted by molar-refractivity contribution is -0.0294. The monoisotopic (exact) mass is 236 g/mol. The van der Waals surface area contributed by atoms with Crippen molar-refractivity contribution >= 4 is 5.97 Å². The fraction of sp³-hybridized carbons (Fsp3) is 0.462. The first kappa shape index (κ1) is 10.6. The molecule has 1 saturated carbocycles. The Kier molecular flexibility index (Phi) is 2.15. The van der Waals surface area contributed by atoms with Gasteiger partial charge in [0.05, 0.1) is 5.56 Å². The average Bonchev–Trinajstić information content (AvgIpc) is 2.53. The number of halogens is 1. The van der Waals surface area contributed by atoms with E-state index >= 15 is 0 Å². The Morgan fingerprint density at radius 3 is 2.65 bits per heavy atom. The molecule has 0 aromatic heterocycles. The molecular formula is C13H13FO3. The van der Waals surface area contributed by atoms with Crippen molar-refractivity contribution in [3.63, 3.8) is 0 Å². The van der Waals surface area contributed by atoms with E-state index in [0.717, 1.165) is 25.3 Å². The topological polar surface area (TPSA) is 46.5 Å². The van der Waals surface area contributed by atoms with Crippen LogP contribution in [0.1, 0.15) is 48.0 Å². The minimum absolute atomic E-state index is 0.185. The molecule has 1 aromatic rings. The van der Waals surface area contributed by atoms with E-state index in [-0.39, 0.29) is 11.3 Å². The first-order chi connectivity index (χ1) is 8.12. The lowest BCUT2D eigenvalue weighted by Gasteiger charge is -2.32. The third kappa shape index (κ3) is 1.43. The highest BCUT2D eigenvalue weighted by atomic mass is 19.1. The van der Waals surface area contributed by atoms with Crippen LogP contribution in [0, 0.1) is 5.82 Å². The number of rotatable bonds is 0. The molecular weight excluding hydrogens is 223 g/mol. The van der Waals surface area contributed by atoms with Gasteiger partial charge in [-0.2, -0.15) is 0 Å². The predicted molar refractivity (Wildman–Crippen MR) is 58.2 cm³/mol. The van der Waals surface area contributed by atoms with Gasteiger partial charge in [0.1, 0.15) is 17.2 Å². The van der Waals surface area contributed by atoms with Crippen LogP contribution in [0.3, 0.4) is 0 Å². The zero-order valence-corrected chi connectivity index (χ0v) is 9.33. The summed E-state index contributed by atoms with van der Waals surface area (Å²) in [6, 6.07) is 2.35. The van der Waals surface area contributed by atoms with Gasteiger partial charge < -0.3 is 9.84 Å². The fourth-order valence-electron chi connectivity index (χ4n) is 2.97. The van der Waals surface area contributed by atoms with Crippen molar-refractivity contribution in [1.82, 2.24) is 0 Å². The summed E-state index contributed by atoms with van der Waals surface area (Å²) in [4.78, 5) is 11.7. The molecule has 1 aliphatic heterocycles. The van der Waals surface area contributed by atoms with Crippen LogP contribution in [0.2, 0.25) is 0 Å². The van der Waals surface area contributed by atoms with E-state index in [2.05, 4.69) is 0 Å². The van der Waals surface area contributed by atoms with Gasteiger partial charge in [-0.3, -0.25) is 0 Å². The molecule has 1 spiro atoms. The van der Waals surface area contributed by atoms with Crippen molar-refractivity contribution in [2.45, 2.75) is 37.7 Å². The molecule has 0 amide bonds. The molecule has 2 aliphatic rings. The van der Waals surface area contributed by atoms with Gasteiger partial charge in [0.2, 0.25) is 0 Å². The van der Waals surface area contributed by atoms with Crippen LogP contribution in [-0.4, -0.2) is 11.1 Å². The second-order valence-electron chi connectivity index (χ2n) is 4.79. The van der Waals surface area contributed by atoms with E-state index in [1.54, 1.807) is 0 Å². The molecule has 1 N–H and O–H groups in total. The first-order valence-corrected chi connectivity index (χ1v) is 5.89. The molecule has 3 nitrogen and oxygen atoms in total. The second kappa shape index (κ2) is 3.45. The summed E-state index contributed by atoms with van der Waals surface area (Å²) in [6.07, 6.45) is 4.31. The summed E-state index contributed by atoms with van der Waals surface area (Å²) < 4.78 is 19.4. The maximum absolute atomic E-state index is 14.0. The maximum atomic E-state index is 14.0. The van der Waals surface area contributed by atoms with Gasteiger partial charge in [0, 0.05) is 11.6 Å². The highest BCUT2D eigenvalue weighted by Crippen LogP contribution is 2.48. The van der Waals surface area contributed by atoms with E-state index in [9.17, 15) is 14.3 Å². The number of phenols is 1. The second-order valence-corrected chi connectivity index (χ2v) is 4.79. The molecule has 0 bridgehead atoms. The Morgan fingerprint density at radius 1 is 1.24 bits per heavy atom. The van der Waals surface area contributed by atoms with E-state index in [1.807, 2.05) is 0 Å². The highest BCUT2D eigenvalue weighted by Gasteiger charge is 2.48.